The molecule has 3 nitrogen and oxygen atoms in total. The number of ether oxygens (including phenoxy) is 2. The van der Waals surface area contributed by atoms with E-state index in [1.807, 2.05) is 6.07 Å². The van der Waals surface area contributed by atoms with E-state index in [-0.39, 0.29) is 6.04 Å². The molecule has 0 aliphatic carbocycles. The zero-order valence-corrected chi connectivity index (χ0v) is 9.00. The Morgan fingerprint density at radius 3 is 2.47 bits per heavy atom. The van der Waals surface area contributed by atoms with Crippen molar-refractivity contribution in [1.82, 2.24) is 0 Å². The number of alkyl halides is 1. The van der Waals surface area contributed by atoms with Crippen LogP contribution in [-0.4, -0.2) is 20.9 Å². The average molecular weight is 213 g/mol. The fourth-order valence-electron chi connectivity index (χ4n) is 1.37. The van der Waals surface area contributed by atoms with Gasteiger partial charge in [-0.15, -0.1) is 0 Å². The van der Waals surface area contributed by atoms with Crippen LogP contribution in [0.2, 0.25) is 0 Å². The molecule has 0 aromatic heterocycles. The van der Waals surface area contributed by atoms with Gasteiger partial charge in [0.2, 0.25) is 0 Å². The second-order valence-electron chi connectivity index (χ2n) is 3.20. The highest BCUT2D eigenvalue weighted by Gasteiger charge is 2.09. The van der Waals surface area contributed by atoms with Crippen LogP contribution in [0.4, 0.5) is 4.39 Å². The van der Waals surface area contributed by atoms with Crippen LogP contribution in [0.5, 0.6) is 11.5 Å². The maximum absolute atomic E-state index is 12.1. The van der Waals surface area contributed by atoms with Crippen LogP contribution < -0.4 is 15.2 Å². The molecular formula is C11H16FNO2. The van der Waals surface area contributed by atoms with Crippen molar-refractivity contribution in [3.63, 3.8) is 0 Å². The fourth-order valence-corrected chi connectivity index (χ4v) is 1.37. The minimum Gasteiger partial charge on any atom is -0.493 e. The quantitative estimate of drug-likeness (QED) is 0.814. The Balaban J connectivity index is 2.92. The number of rotatable bonds is 5. The monoisotopic (exact) mass is 213 g/mol. The van der Waals surface area contributed by atoms with Crippen LogP contribution in [0.3, 0.4) is 0 Å². The Kier molecular flexibility index (Phi) is 4.37. The van der Waals surface area contributed by atoms with E-state index in [1.54, 1.807) is 26.4 Å². The minimum atomic E-state index is -0.421. The molecular weight excluding hydrogens is 197 g/mol. The van der Waals surface area contributed by atoms with Crippen molar-refractivity contribution in [2.24, 2.45) is 5.73 Å². The summed E-state index contributed by atoms with van der Waals surface area (Å²) < 4.78 is 22.3. The van der Waals surface area contributed by atoms with E-state index in [0.717, 1.165) is 5.56 Å². The standard InChI is InChI=1S/C11H16FNO2/c1-14-10-4-3-8(7-11(10)15-2)9(13)5-6-12/h3-4,7,9H,5-6,13H2,1-2H3/t9-/m1/s1. The largest absolute Gasteiger partial charge is 0.493 e. The number of methoxy groups -OCH3 is 2. The van der Waals surface area contributed by atoms with Crippen LogP contribution >= 0.6 is 0 Å². The molecule has 1 rings (SSSR count). The lowest BCUT2D eigenvalue weighted by molar-refractivity contribution is 0.353. The van der Waals surface area contributed by atoms with Crippen LogP contribution in [0.25, 0.3) is 0 Å². The molecule has 84 valence electrons. The number of hydrogen-bond donors (Lipinski definition) is 1. The summed E-state index contributed by atoms with van der Waals surface area (Å²) in [5.74, 6) is 1.26. The van der Waals surface area contributed by atoms with Gasteiger partial charge in [-0.2, -0.15) is 0 Å². The van der Waals surface area contributed by atoms with Crippen LogP contribution in [0, 0.1) is 0 Å². The summed E-state index contributed by atoms with van der Waals surface area (Å²) in [6, 6.07) is 5.07. The Morgan fingerprint density at radius 1 is 1.27 bits per heavy atom. The van der Waals surface area contributed by atoms with E-state index < -0.39 is 6.67 Å². The van der Waals surface area contributed by atoms with Gasteiger partial charge in [0.05, 0.1) is 20.9 Å². The first-order valence-electron chi connectivity index (χ1n) is 4.76. The van der Waals surface area contributed by atoms with Gasteiger partial charge in [0.15, 0.2) is 11.5 Å². The molecule has 4 heteroatoms. The van der Waals surface area contributed by atoms with Crippen molar-refractivity contribution in [3.8, 4) is 11.5 Å². The highest BCUT2D eigenvalue weighted by atomic mass is 19.1. The van der Waals surface area contributed by atoms with Gasteiger partial charge in [-0.1, -0.05) is 6.07 Å². The Bertz CT molecular complexity index is 317. The zero-order chi connectivity index (χ0) is 11.3. The third-order valence-electron chi connectivity index (χ3n) is 2.26. The molecule has 0 saturated carbocycles. The molecule has 0 amide bonds. The molecule has 0 unspecified atom stereocenters. The van der Waals surface area contributed by atoms with Crippen LogP contribution in [0.15, 0.2) is 18.2 Å². The van der Waals surface area contributed by atoms with Crippen LogP contribution in [-0.2, 0) is 0 Å². The third-order valence-corrected chi connectivity index (χ3v) is 2.26. The molecule has 0 aliphatic rings. The van der Waals surface area contributed by atoms with Gasteiger partial charge in [-0.05, 0) is 24.1 Å². The van der Waals surface area contributed by atoms with Gasteiger partial charge in [-0.25, -0.2) is 0 Å². The Morgan fingerprint density at radius 2 is 1.93 bits per heavy atom. The number of halogens is 1. The van der Waals surface area contributed by atoms with Gasteiger partial charge in [0, 0.05) is 6.04 Å². The lowest BCUT2D eigenvalue weighted by Crippen LogP contribution is -2.11. The van der Waals surface area contributed by atoms with Gasteiger partial charge < -0.3 is 15.2 Å². The molecule has 15 heavy (non-hydrogen) atoms. The molecule has 1 aromatic carbocycles. The summed E-state index contributed by atoms with van der Waals surface area (Å²) in [5.41, 5.74) is 6.64. The van der Waals surface area contributed by atoms with Crippen molar-refractivity contribution in [2.75, 3.05) is 20.9 Å². The molecule has 0 fully saturated rings. The van der Waals surface area contributed by atoms with E-state index in [1.165, 1.54) is 0 Å². The second kappa shape index (κ2) is 5.56. The highest BCUT2D eigenvalue weighted by molar-refractivity contribution is 5.43. The van der Waals surface area contributed by atoms with E-state index in [0.29, 0.717) is 17.9 Å². The number of nitrogens with two attached hydrogens (primary N) is 1. The highest BCUT2D eigenvalue weighted by Crippen LogP contribution is 2.30. The van der Waals surface area contributed by atoms with Crippen molar-refractivity contribution < 1.29 is 13.9 Å². The SMILES string of the molecule is COc1ccc([C@H](N)CCF)cc1OC. The first-order chi connectivity index (χ1) is 7.22. The van der Waals surface area contributed by atoms with E-state index >= 15 is 0 Å². The molecule has 0 spiro atoms. The number of benzene rings is 1. The maximum atomic E-state index is 12.1. The van der Waals surface area contributed by atoms with Gasteiger partial charge in [0.1, 0.15) is 0 Å². The second-order valence-corrected chi connectivity index (χ2v) is 3.20. The molecule has 2 N–H and O–H groups in total. The summed E-state index contributed by atoms with van der Waals surface area (Å²) in [6.07, 6.45) is 0.315. The topological polar surface area (TPSA) is 44.5 Å². The lowest BCUT2D eigenvalue weighted by atomic mass is 10.0. The minimum absolute atomic E-state index is 0.296. The normalized spacial score (nSPS) is 12.3. The van der Waals surface area contributed by atoms with Crippen molar-refractivity contribution in [3.05, 3.63) is 23.8 Å². The molecule has 0 radical (unpaired) electrons. The van der Waals surface area contributed by atoms with Crippen molar-refractivity contribution in [2.45, 2.75) is 12.5 Å². The molecule has 0 bridgehead atoms. The van der Waals surface area contributed by atoms with Gasteiger partial charge in [-0.3, -0.25) is 4.39 Å². The summed E-state index contributed by atoms with van der Waals surface area (Å²) >= 11 is 0. The van der Waals surface area contributed by atoms with Crippen LogP contribution in [0.1, 0.15) is 18.0 Å². The molecule has 1 aromatic rings. The summed E-state index contributed by atoms with van der Waals surface area (Å²) in [4.78, 5) is 0. The van der Waals surface area contributed by atoms with Gasteiger partial charge >= 0.3 is 0 Å². The zero-order valence-electron chi connectivity index (χ0n) is 9.00. The first kappa shape index (κ1) is 11.8. The van der Waals surface area contributed by atoms with E-state index in [9.17, 15) is 4.39 Å². The predicted octanol–water partition coefficient (Wildman–Crippen LogP) is 2.06. The predicted molar refractivity (Wildman–Crippen MR) is 57.1 cm³/mol. The molecule has 0 heterocycles. The van der Waals surface area contributed by atoms with E-state index in [2.05, 4.69) is 0 Å². The smallest absolute Gasteiger partial charge is 0.161 e. The van der Waals surface area contributed by atoms with Crippen molar-refractivity contribution in [1.29, 1.82) is 0 Å². The van der Waals surface area contributed by atoms with Gasteiger partial charge in [0.25, 0.3) is 0 Å². The number of hydrogen-bond acceptors (Lipinski definition) is 3. The van der Waals surface area contributed by atoms with E-state index in [4.69, 9.17) is 15.2 Å². The summed E-state index contributed by atoms with van der Waals surface area (Å²) in [5, 5.41) is 0. The Labute approximate surface area is 89.0 Å². The third kappa shape index (κ3) is 2.83. The lowest BCUT2D eigenvalue weighted by Gasteiger charge is -2.13. The Hall–Kier alpha value is -1.29. The molecule has 0 saturated heterocycles. The first-order valence-corrected chi connectivity index (χ1v) is 4.76. The average Bonchev–Trinajstić information content (AvgIpc) is 2.28. The molecule has 0 aliphatic heterocycles. The maximum Gasteiger partial charge on any atom is 0.161 e. The summed E-state index contributed by atoms with van der Waals surface area (Å²) in [7, 11) is 3.13. The van der Waals surface area contributed by atoms with Crippen molar-refractivity contribution >= 4 is 0 Å². The molecule has 1 atom stereocenters. The summed E-state index contributed by atoms with van der Waals surface area (Å²) in [6.45, 7) is -0.421. The fraction of sp³-hybridized carbons (Fsp3) is 0.455.